The SMILES string of the molecule is CCC(CC)NC1CCN(C(C)C)C1. The summed E-state index contributed by atoms with van der Waals surface area (Å²) in [4.78, 5) is 2.57. The van der Waals surface area contributed by atoms with Crippen LogP contribution in [0.4, 0.5) is 0 Å². The van der Waals surface area contributed by atoms with E-state index >= 15 is 0 Å². The quantitative estimate of drug-likeness (QED) is 0.729. The average Bonchev–Trinajstić information content (AvgIpc) is 2.62. The molecule has 1 unspecified atom stereocenters. The molecule has 0 radical (unpaired) electrons. The maximum absolute atomic E-state index is 3.76. The Morgan fingerprint density at radius 1 is 1.29 bits per heavy atom. The molecular formula is C12H26N2. The summed E-state index contributed by atoms with van der Waals surface area (Å²) in [6.07, 6.45) is 3.85. The first kappa shape index (κ1) is 12.0. The van der Waals surface area contributed by atoms with Gasteiger partial charge in [0.05, 0.1) is 0 Å². The van der Waals surface area contributed by atoms with Gasteiger partial charge in [0.25, 0.3) is 0 Å². The molecule has 84 valence electrons. The minimum absolute atomic E-state index is 0.712. The zero-order chi connectivity index (χ0) is 10.6. The second-order valence-electron chi connectivity index (χ2n) is 4.75. The molecule has 1 heterocycles. The Morgan fingerprint density at radius 2 is 1.93 bits per heavy atom. The third-order valence-electron chi connectivity index (χ3n) is 3.41. The first-order valence-electron chi connectivity index (χ1n) is 6.17. The lowest BCUT2D eigenvalue weighted by atomic mass is 10.1. The Balaban J connectivity index is 2.28. The monoisotopic (exact) mass is 198 g/mol. The van der Waals surface area contributed by atoms with Gasteiger partial charge in [0.2, 0.25) is 0 Å². The summed E-state index contributed by atoms with van der Waals surface area (Å²) >= 11 is 0. The molecule has 2 nitrogen and oxygen atoms in total. The molecule has 1 rings (SSSR count). The predicted molar refractivity (Wildman–Crippen MR) is 62.6 cm³/mol. The summed E-state index contributed by atoms with van der Waals surface area (Å²) in [5, 5.41) is 3.76. The Labute approximate surface area is 89.1 Å². The smallest absolute Gasteiger partial charge is 0.0209 e. The fraction of sp³-hybridized carbons (Fsp3) is 1.00. The van der Waals surface area contributed by atoms with E-state index in [0.717, 1.165) is 12.1 Å². The molecule has 0 spiro atoms. The Kier molecular flexibility index (Phi) is 4.90. The van der Waals surface area contributed by atoms with Gasteiger partial charge in [-0.1, -0.05) is 13.8 Å². The summed E-state index contributed by atoms with van der Waals surface area (Å²) in [5.74, 6) is 0. The standard InChI is InChI=1S/C12H26N2/c1-5-11(6-2)13-12-7-8-14(9-12)10(3)4/h10-13H,5-9H2,1-4H3. The molecule has 0 aromatic heterocycles. The van der Waals surface area contributed by atoms with Crippen LogP contribution < -0.4 is 5.32 Å². The minimum Gasteiger partial charge on any atom is -0.310 e. The van der Waals surface area contributed by atoms with Gasteiger partial charge in [0.15, 0.2) is 0 Å². The second-order valence-corrected chi connectivity index (χ2v) is 4.75. The van der Waals surface area contributed by atoms with Crippen molar-refractivity contribution >= 4 is 0 Å². The molecule has 0 saturated carbocycles. The molecule has 1 fully saturated rings. The van der Waals surface area contributed by atoms with E-state index in [1.54, 1.807) is 0 Å². The van der Waals surface area contributed by atoms with Crippen molar-refractivity contribution in [2.24, 2.45) is 0 Å². The van der Waals surface area contributed by atoms with Gasteiger partial charge in [-0.25, -0.2) is 0 Å². The molecule has 0 amide bonds. The summed E-state index contributed by atoms with van der Waals surface area (Å²) < 4.78 is 0. The van der Waals surface area contributed by atoms with E-state index in [-0.39, 0.29) is 0 Å². The number of nitrogens with zero attached hydrogens (tertiary/aromatic N) is 1. The van der Waals surface area contributed by atoms with Crippen LogP contribution in [0.15, 0.2) is 0 Å². The summed E-state index contributed by atoms with van der Waals surface area (Å²) in [7, 11) is 0. The van der Waals surface area contributed by atoms with Gasteiger partial charge < -0.3 is 5.32 Å². The normalized spacial score (nSPS) is 24.0. The number of nitrogens with one attached hydrogen (secondary N) is 1. The highest BCUT2D eigenvalue weighted by molar-refractivity contribution is 4.84. The molecule has 1 aliphatic rings. The van der Waals surface area contributed by atoms with Crippen LogP contribution in [0.3, 0.4) is 0 Å². The Hall–Kier alpha value is -0.0800. The van der Waals surface area contributed by atoms with Crippen LogP contribution >= 0.6 is 0 Å². The fourth-order valence-corrected chi connectivity index (χ4v) is 2.25. The van der Waals surface area contributed by atoms with Gasteiger partial charge in [0.1, 0.15) is 0 Å². The van der Waals surface area contributed by atoms with E-state index in [4.69, 9.17) is 0 Å². The third-order valence-corrected chi connectivity index (χ3v) is 3.41. The highest BCUT2D eigenvalue weighted by Gasteiger charge is 2.24. The van der Waals surface area contributed by atoms with E-state index in [1.165, 1.54) is 32.4 Å². The molecule has 1 aliphatic heterocycles. The van der Waals surface area contributed by atoms with Crippen LogP contribution in [0.2, 0.25) is 0 Å². The Bertz CT molecular complexity index is 152. The molecular weight excluding hydrogens is 172 g/mol. The molecule has 0 aliphatic carbocycles. The van der Waals surface area contributed by atoms with Crippen molar-refractivity contribution < 1.29 is 0 Å². The summed E-state index contributed by atoms with van der Waals surface area (Å²) in [6.45, 7) is 11.6. The molecule has 0 aromatic carbocycles. The first-order chi connectivity index (χ1) is 6.67. The van der Waals surface area contributed by atoms with Gasteiger partial charge in [-0.15, -0.1) is 0 Å². The van der Waals surface area contributed by atoms with Crippen molar-refractivity contribution in [1.82, 2.24) is 10.2 Å². The van der Waals surface area contributed by atoms with Crippen LogP contribution in [0, 0.1) is 0 Å². The van der Waals surface area contributed by atoms with E-state index < -0.39 is 0 Å². The maximum atomic E-state index is 3.76. The Morgan fingerprint density at radius 3 is 2.36 bits per heavy atom. The number of likely N-dealkylation sites (tertiary alicyclic amines) is 1. The van der Waals surface area contributed by atoms with Crippen LogP contribution in [-0.2, 0) is 0 Å². The van der Waals surface area contributed by atoms with E-state index in [1.807, 2.05) is 0 Å². The zero-order valence-electron chi connectivity index (χ0n) is 10.2. The summed E-state index contributed by atoms with van der Waals surface area (Å²) in [5.41, 5.74) is 0. The molecule has 2 heteroatoms. The van der Waals surface area contributed by atoms with E-state index in [9.17, 15) is 0 Å². The van der Waals surface area contributed by atoms with Crippen LogP contribution in [0.25, 0.3) is 0 Å². The van der Waals surface area contributed by atoms with E-state index in [2.05, 4.69) is 37.9 Å². The van der Waals surface area contributed by atoms with Crippen molar-refractivity contribution in [2.45, 2.75) is 65.1 Å². The maximum Gasteiger partial charge on any atom is 0.0209 e. The highest BCUT2D eigenvalue weighted by Crippen LogP contribution is 2.13. The van der Waals surface area contributed by atoms with Crippen molar-refractivity contribution in [2.75, 3.05) is 13.1 Å². The van der Waals surface area contributed by atoms with Crippen molar-refractivity contribution in [1.29, 1.82) is 0 Å². The number of rotatable bonds is 5. The van der Waals surface area contributed by atoms with Crippen molar-refractivity contribution in [3.63, 3.8) is 0 Å². The van der Waals surface area contributed by atoms with Gasteiger partial charge in [-0.2, -0.15) is 0 Å². The largest absolute Gasteiger partial charge is 0.310 e. The van der Waals surface area contributed by atoms with Gasteiger partial charge in [0, 0.05) is 24.7 Å². The highest BCUT2D eigenvalue weighted by atomic mass is 15.2. The summed E-state index contributed by atoms with van der Waals surface area (Å²) in [6, 6.07) is 2.18. The fourth-order valence-electron chi connectivity index (χ4n) is 2.25. The lowest BCUT2D eigenvalue weighted by Crippen LogP contribution is -2.40. The van der Waals surface area contributed by atoms with E-state index in [0.29, 0.717) is 6.04 Å². The van der Waals surface area contributed by atoms with Crippen LogP contribution in [-0.4, -0.2) is 36.1 Å². The topological polar surface area (TPSA) is 15.3 Å². The van der Waals surface area contributed by atoms with Crippen molar-refractivity contribution in [3.8, 4) is 0 Å². The molecule has 0 bridgehead atoms. The lowest BCUT2D eigenvalue weighted by molar-refractivity contribution is 0.264. The molecule has 14 heavy (non-hydrogen) atoms. The number of hydrogen-bond donors (Lipinski definition) is 1. The lowest BCUT2D eigenvalue weighted by Gasteiger charge is -2.23. The minimum atomic E-state index is 0.712. The predicted octanol–water partition coefficient (Wildman–Crippen LogP) is 2.25. The van der Waals surface area contributed by atoms with Crippen molar-refractivity contribution in [3.05, 3.63) is 0 Å². The molecule has 1 atom stereocenters. The van der Waals surface area contributed by atoms with Gasteiger partial charge in [-0.05, 0) is 39.7 Å². The zero-order valence-corrected chi connectivity index (χ0v) is 10.2. The van der Waals surface area contributed by atoms with Crippen LogP contribution in [0.5, 0.6) is 0 Å². The van der Waals surface area contributed by atoms with Gasteiger partial charge in [-0.3, -0.25) is 4.90 Å². The average molecular weight is 198 g/mol. The van der Waals surface area contributed by atoms with Gasteiger partial charge >= 0.3 is 0 Å². The second kappa shape index (κ2) is 5.72. The molecule has 0 aromatic rings. The number of hydrogen-bond acceptors (Lipinski definition) is 2. The third kappa shape index (κ3) is 3.25. The first-order valence-corrected chi connectivity index (χ1v) is 6.17. The molecule has 1 saturated heterocycles. The molecule has 1 N–H and O–H groups in total. The van der Waals surface area contributed by atoms with Crippen LogP contribution in [0.1, 0.15) is 47.0 Å².